The summed E-state index contributed by atoms with van der Waals surface area (Å²) in [6.45, 7) is 4.56. The molecule has 162 valence electrons. The van der Waals surface area contributed by atoms with Gasteiger partial charge in [0.15, 0.2) is 5.78 Å². The Balaban J connectivity index is 1.65. The Hall–Kier alpha value is -2.52. The Bertz CT molecular complexity index is 1130. The second kappa shape index (κ2) is 8.69. The van der Waals surface area contributed by atoms with Gasteiger partial charge in [0, 0.05) is 23.0 Å². The van der Waals surface area contributed by atoms with E-state index in [2.05, 4.69) is 10.0 Å². The van der Waals surface area contributed by atoms with Gasteiger partial charge in [0.25, 0.3) is 0 Å². The number of hydrogen-bond acceptors (Lipinski definition) is 6. The molecule has 2 aromatic rings. The molecule has 30 heavy (non-hydrogen) atoms. The fourth-order valence-corrected chi connectivity index (χ4v) is 4.51. The van der Waals surface area contributed by atoms with Gasteiger partial charge in [0.05, 0.1) is 5.25 Å². The Morgan fingerprint density at radius 1 is 1.10 bits per heavy atom. The predicted octanol–water partition coefficient (Wildman–Crippen LogP) is 2.82. The van der Waals surface area contributed by atoms with E-state index in [-0.39, 0.29) is 29.2 Å². The van der Waals surface area contributed by atoms with Crippen LogP contribution in [0.5, 0.6) is 0 Å². The average Bonchev–Trinajstić information content (AvgIpc) is 2.67. The van der Waals surface area contributed by atoms with Gasteiger partial charge in [0.1, 0.15) is 11.1 Å². The van der Waals surface area contributed by atoms with Crippen LogP contribution in [0.2, 0.25) is 0 Å². The van der Waals surface area contributed by atoms with Crippen molar-refractivity contribution in [2.45, 2.75) is 57.7 Å². The fourth-order valence-electron chi connectivity index (χ4n) is 3.53. The number of hydrogen-bond donors (Lipinski definition) is 2. The number of ketones is 1. The molecule has 1 aromatic heterocycles. The zero-order chi connectivity index (χ0) is 22.1. The second-order valence-electron chi connectivity index (χ2n) is 8.01. The molecular weight excluding hydrogens is 408 g/mol. The minimum absolute atomic E-state index is 0.0341. The Morgan fingerprint density at radius 2 is 1.77 bits per heavy atom. The van der Waals surface area contributed by atoms with E-state index in [9.17, 15) is 22.8 Å². The third-order valence-electron chi connectivity index (χ3n) is 5.43. The zero-order valence-electron chi connectivity index (χ0n) is 17.2. The molecule has 2 N–H and O–H groups in total. The van der Waals surface area contributed by atoms with Crippen LogP contribution in [0.15, 0.2) is 33.5 Å². The summed E-state index contributed by atoms with van der Waals surface area (Å²) in [6, 6.07) is 6.19. The minimum Gasteiger partial charge on any atom is -0.422 e. The molecule has 0 bridgehead atoms. The van der Waals surface area contributed by atoms with E-state index in [0.29, 0.717) is 42.3 Å². The molecule has 0 unspecified atom stereocenters. The predicted molar refractivity (Wildman–Crippen MR) is 114 cm³/mol. The van der Waals surface area contributed by atoms with Crippen LogP contribution in [0, 0.1) is 5.92 Å². The first-order valence-electron chi connectivity index (χ1n) is 9.97. The number of fused-ring (bicyclic) bond motifs is 1. The summed E-state index contributed by atoms with van der Waals surface area (Å²) in [4.78, 5) is 36.0. The lowest BCUT2D eigenvalue weighted by Gasteiger charge is -2.28. The van der Waals surface area contributed by atoms with Crippen molar-refractivity contribution in [3.05, 3.63) is 40.2 Å². The van der Waals surface area contributed by atoms with Crippen LogP contribution < -0.4 is 15.7 Å². The van der Waals surface area contributed by atoms with E-state index in [0.717, 1.165) is 0 Å². The maximum Gasteiger partial charge on any atom is 0.347 e. The molecule has 0 saturated heterocycles. The number of amides is 1. The van der Waals surface area contributed by atoms with Crippen molar-refractivity contribution >= 4 is 38.4 Å². The first-order chi connectivity index (χ1) is 14.1. The summed E-state index contributed by atoms with van der Waals surface area (Å²) in [7, 11) is -3.32. The number of benzene rings is 1. The molecule has 1 heterocycles. The van der Waals surface area contributed by atoms with Crippen molar-refractivity contribution in [3.8, 4) is 0 Å². The molecule has 1 saturated carbocycles. The van der Waals surface area contributed by atoms with Gasteiger partial charge in [0.2, 0.25) is 15.9 Å². The lowest BCUT2D eigenvalue weighted by Crippen LogP contribution is -2.42. The highest BCUT2D eigenvalue weighted by Gasteiger charge is 2.29. The van der Waals surface area contributed by atoms with Crippen molar-refractivity contribution in [1.82, 2.24) is 4.72 Å². The molecule has 1 aliphatic rings. The van der Waals surface area contributed by atoms with Crippen molar-refractivity contribution in [2.24, 2.45) is 5.92 Å². The molecule has 1 amide bonds. The quantitative estimate of drug-likeness (QED) is 0.532. The monoisotopic (exact) mass is 434 g/mol. The molecule has 0 radical (unpaired) electrons. The van der Waals surface area contributed by atoms with Crippen LogP contribution in [-0.4, -0.2) is 31.4 Å². The number of nitrogens with one attached hydrogen (secondary N) is 2. The third-order valence-corrected chi connectivity index (χ3v) is 7.33. The highest BCUT2D eigenvalue weighted by Crippen LogP contribution is 2.27. The lowest BCUT2D eigenvalue weighted by atomic mass is 9.86. The van der Waals surface area contributed by atoms with Crippen LogP contribution in [0.1, 0.15) is 56.8 Å². The standard InChI is InChI=1S/C21H26N2O6S/c1-12(2)30(27,28)23-16-6-4-14(5-7-16)20(25)22-17-8-9-19-15(10-17)11-18(13(3)24)21(26)29-19/h8-12,14,16,23H,4-7H2,1-3H3,(H,22,25)/t14-,16-. The van der Waals surface area contributed by atoms with Gasteiger partial charge < -0.3 is 9.73 Å². The fraction of sp³-hybridized carbons (Fsp3) is 0.476. The van der Waals surface area contributed by atoms with Crippen molar-refractivity contribution in [1.29, 1.82) is 0 Å². The van der Waals surface area contributed by atoms with E-state index in [1.54, 1.807) is 32.0 Å². The van der Waals surface area contributed by atoms with Gasteiger partial charge in [-0.15, -0.1) is 0 Å². The number of carbonyl (C=O) groups excluding carboxylic acids is 2. The lowest BCUT2D eigenvalue weighted by molar-refractivity contribution is -0.120. The minimum atomic E-state index is -3.32. The molecule has 1 aromatic carbocycles. The number of anilines is 1. The molecular formula is C21H26N2O6S. The van der Waals surface area contributed by atoms with E-state index in [1.165, 1.54) is 13.0 Å². The molecule has 3 rings (SSSR count). The van der Waals surface area contributed by atoms with E-state index >= 15 is 0 Å². The van der Waals surface area contributed by atoms with Crippen LogP contribution >= 0.6 is 0 Å². The molecule has 0 atom stereocenters. The maximum absolute atomic E-state index is 12.7. The van der Waals surface area contributed by atoms with Gasteiger partial charge in [-0.2, -0.15) is 0 Å². The summed E-state index contributed by atoms with van der Waals surface area (Å²) in [5, 5.41) is 2.93. The summed E-state index contributed by atoms with van der Waals surface area (Å²) in [5.41, 5.74) is 0.157. The van der Waals surface area contributed by atoms with Gasteiger partial charge in [-0.3, -0.25) is 9.59 Å². The molecule has 0 spiro atoms. The number of Topliss-reactive ketones (excluding diaryl/α,β-unsaturated/α-hetero) is 1. The Morgan fingerprint density at radius 3 is 2.37 bits per heavy atom. The first kappa shape index (κ1) is 22.2. The molecule has 8 nitrogen and oxygen atoms in total. The van der Waals surface area contributed by atoms with Gasteiger partial charge >= 0.3 is 5.63 Å². The Kier molecular flexibility index (Phi) is 6.42. The van der Waals surface area contributed by atoms with Crippen molar-refractivity contribution in [3.63, 3.8) is 0 Å². The smallest absolute Gasteiger partial charge is 0.347 e. The van der Waals surface area contributed by atoms with Gasteiger partial charge in [-0.1, -0.05) is 0 Å². The third kappa shape index (κ3) is 4.96. The van der Waals surface area contributed by atoms with Gasteiger partial charge in [-0.05, 0) is 70.7 Å². The second-order valence-corrected chi connectivity index (χ2v) is 10.3. The summed E-state index contributed by atoms with van der Waals surface area (Å²) in [5.74, 6) is -0.726. The van der Waals surface area contributed by atoms with Crippen LogP contribution in [-0.2, 0) is 14.8 Å². The van der Waals surface area contributed by atoms with E-state index in [1.807, 2.05) is 0 Å². The first-order valence-corrected chi connectivity index (χ1v) is 11.5. The van der Waals surface area contributed by atoms with Gasteiger partial charge in [-0.25, -0.2) is 17.9 Å². The molecule has 0 aliphatic heterocycles. The highest BCUT2D eigenvalue weighted by molar-refractivity contribution is 7.90. The highest BCUT2D eigenvalue weighted by atomic mass is 32.2. The van der Waals surface area contributed by atoms with E-state index in [4.69, 9.17) is 4.42 Å². The number of sulfonamides is 1. The van der Waals surface area contributed by atoms with Crippen LogP contribution in [0.3, 0.4) is 0 Å². The largest absolute Gasteiger partial charge is 0.422 e. The Labute approximate surface area is 175 Å². The van der Waals surface area contributed by atoms with Crippen molar-refractivity contribution in [2.75, 3.05) is 5.32 Å². The molecule has 1 aliphatic carbocycles. The maximum atomic E-state index is 12.7. The van der Waals surface area contributed by atoms with Crippen LogP contribution in [0.25, 0.3) is 11.0 Å². The topological polar surface area (TPSA) is 123 Å². The number of carbonyl (C=O) groups is 2. The SMILES string of the molecule is CC(=O)c1cc2cc(NC(=O)[C@H]3CC[C@H](NS(=O)(=O)C(C)C)CC3)ccc2oc1=O. The number of rotatable bonds is 6. The summed E-state index contributed by atoms with van der Waals surface area (Å²) in [6.07, 6.45) is 2.39. The van der Waals surface area contributed by atoms with Crippen LogP contribution in [0.4, 0.5) is 5.69 Å². The van der Waals surface area contributed by atoms with Crippen molar-refractivity contribution < 1.29 is 22.4 Å². The average molecular weight is 435 g/mol. The molecule has 9 heteroatoms. The normalized spacial score (nSPS) is 19.7. The summed E-state index contributed by atoms with van der Waals surface area (Å²) < 4.78 is 31.9. The summed E-state index contributed by atoms with van der Waals surface area (Å²) >= 11 is 0. The zero-order valence-corrected chi connectivity index (χ0v) is 18.0. The van der Waals surface area contributed by atoms with E-state index < -0.39 is 20.9 Å². The molecule has 1 fully saturated rings.